The van der Waals surface area contributed by atoms with Crippen LogP contribution in [0.4, 0.5) is 8.78 Å². The van der Waals surface area contributed by atoms with E-state index in [1.54, 1.807) is 44.4 Å². The minimum Gasteiger partial charge on any atom is -0.344 e. The van der Waals surface area contributed by atoms with Crippen LogP contribution < -0.4 is 0 Å². The molecule has 0 aliphatic carbocycles. The van der Waals surface area contributed by atoms with Gasteiger partial charge in [0.05, 0.1) is 4.88 Å². The van der Waals surface area contributed by atoms with Crippen molar-refractivity contribution < 1.29 is 13.6 Å². The highest BCUT2D eigenvalue weighted by atomic mass is 32.1. The molecule has 2 aromatic carbocycles. The lowest BCUT2D eigenvalue weighted by Crippen LogP contribution is -2.20. The largest absolute Gasteiger partial charge is 0.344 e. The second-order valence-electron chi connectivity index (χ2n) is 5.57. The van der Waals surface area contributed by atoms with Crippen LogP contribution in [-0.2, 0) is 0 Å². The number of benzene rings is 2. The van der Waals surface area contributed by atoms with Crippen LogP contribution in [0.3, 0.4) is 0 Å². The van der Waals surface area contributed by atoms with Crippen LogP contribution in [0.25, 0.3) is 21.6 Å². The fraction of sp³-hybridized carbons (Fsp3) is 0.105. The summed E-state index contributed by atoms with van der Waals surface area (Å²) in [4.78, 5) is 15.2. The maximum absolute atomic E-state index is 13.2. The Labute approximate surface area is 143 Å². The lowest BCUT2D eigenvalue weighted by atomic mass is 10.0. The molecule has 0 unspecified atom stereocenters. The first kappa shape index (κ1) is 16.3. The summed E-state index contributed by atoms with van der Waals surface area (Å²) in [6.45, 7) is 0. The van der Waals surface area contributed by atoms with E-state index in [1.165, 1.54) is 40.5 Å². The monoisotopic (exact) mass is 343 g/mol. The number of carbonyl (C=O) groups excluding carboxylic acids is 1. The summed E-state index contributed by atoms with van der Waals surface area (Å²) in [6.07, 6.45) is 0. The van der Waals surface area contributed by atoms with Gasteiger partial charge in [-0.2, -0.15) is 0 Å². The van der Waals surface area contributed by atoms with Gasteiger partial charge in [0.1, 0.15) is 11.6 Å². The van der Waals surface area contributed by atoms with Crippen LogP contribution >= 0.6 is 11.3 Å². The predicted octanol–water partition coefficient (Wildman–Crippen LogP) is 5.06. The van der Waals surface area contributed by atoms with Gasteiger partial charge in [-0.3, -0.25) is 4.79 Å². The third-order valence-electron chi connectivity index (χ3n) is 3.61. The van der Waals surface area contributed by atoms with E-state index in [4.69, 9.17) is 0 Å². The van der Waals surface area contributed by atoms with Crippen molar-refractivity contribution in [2.75, 3.05) is 14.1 Å². The maximum Gasteiger partial charge on any atom is 0.263 e. The van der Waals surface area contributed by atoms with Crippen LogP contribution in [0.2, 0.25) is 0 Å². The van der Waals surface area contributed by atoms with Gasteiger partial charge in [0, 0.05) is 24.5 Å². The third-order valence-corrected chi connectivity index (χ3v) is 4.78. The molecule has 3 rings (SSSR count). The molecule has 0 radical (unpaired) electrons. The highest BCUT2D eigenvalue weighted by Gasteiger charge is 2.18. The maximum atomic E-state index is 13.2. The molecule has 0 N–H and O–H groups in total. The minimum atomic E-state index is -0.318. The van der Waals surface area contributed by atoms with Gasteiger partial charge in [0.25, 0.3) is 5.91 Å². The standard InChI is InChI=1S/C19H15F2NOS/c1-22(2)19(23)17-11-16(12-3-7-14(20)8-4-12)18(24-17)13-5-9-15(21)10-6-13/h3-11H,1-2H3. The van der Waals surface area contributed by atoms with Gasteiger partial charge < -0.3 is 4.90 Å². The summed E-state index contributed by atoms with van der Waals surface area (Å²) >= 11 is 1.35. The van der Waals surface area contributed by atoms with Gasteiger partial charge in [-0.1, -0.05) is 24.3 Å². The van der Waals surface area contributed by atoms with Gasteiger partial charge in [-0.15, -0.1) is 11.3 Å². The summed E-state index contributed by atoms with van der Waals surface area (Å²) < 4.78 is 26.4. The molecule has 1 heterocycles. The van der Waals surface area contributed by atoms with Crippen LogP contribution in [-0.4, -0.2) is 24.9 Å². The highest BCUT2D eigenvalue weighted by molar-refractivity contribution is 7.18. The molecule has 0 spiro atoms. The molecule has 1 amide bonds. The molecule has 0 aliphatic rings. The van der Waals surface area contributed by atoms with E-state index in [9.17, 15) is 13.6 Å². The minimum absolute atomic E-state index is 0.100. The van der Waals surface area contributed by atoms with Crippen molar-refractivity contribution in [3.63, 3.8) is 0 Å². The SMILES string of the molecule is CN(C)C(=O)c1cc(-c2ccc(F)cc2)c(-c2ccc(F)cc2)s1. The number of carbonyl (C=O) groups is 1. The number of amides is 1. The number of thiophene rings is 1. The molecule has 0 saturated heterocycles. The lowest BCUT2D eigenvalue weighted by Gasteiger charge is -2.07. The summed E-state index contributed by atoms with van der Waals surface area (Å²) in [5.74, 6) is -0.734. The molecular weight excluding hydrogens is 328 g/mol. The predicted molar refractivity (Wildman–Crippen MR) is 93.1 cm³/mol. The Balaban J connectivity index is 2.16. The fourth-order valence-electron chi connectivity index (χ4n) is 2.38. The normalized spacial score (nSPS) is 10.7. The smallest absolute Gasteiger partial charge is 0.263 e. The number of rotatable bonds is 3. The van der Waals surface area contributed by atoms with Crippen molar-refractivity contribution in [1.82, 2.24) is 4.90 Å². The summed E-state index contributed by atoms with van der Waals surface area (Å²) in [5, 5.41) is 0. The topological polar surface area (TPSA) is 20.3 Å². The average Bonchev–Trinajstić information content (AvgIpc) is 3.00. The zero-order valence-corrected chi connectivity index (χ0v) is 14.0. The van der Waals surface area contributed by atoms with E-state index in [1.807, 2.05) is 0 Å². The van der Waals surface area contributed by atoms with Crippen LogP contribution in [0, 0.1) is 11.6 Å². The molecule has 2 nitrogen and oxygen atoms in total. The molecule has 24 heavy (non-hydrogen) atoms. The molecule has 0 bridgehead atoms. The first-order valence-corrected chi connectivity index (χ1v) is 8.14. The molecule has 122 valence electrons. The summed E-state index contributed by atoms with van der Waals surface area (Å²) in [5.41, 5.74) is 2.46. The number of halogens is 2. The van der Waals surface area contributed by atoms with E-state index < -0.39 is 0 Å². The van der Waals surface area contributed by atoms with Crippen molar-refractivity contribution in [2.24, 2.45) is 0 Å². The van der Waals surface area contributed by atoms with Gasteiger partial charge >= 0.3 is 0 Å². The summed E-state index contributed by atoms with van der Waals surface area (Å²) in [6, 6.07) is 14.1. The van der Waals surface area contributed by atoms with E-state index in [0.717, 1.165) is 21.6 Å². The fourth-order valence-corrected chi connectivity index (χ4v) is 3.58. The molecule has 0 saturated carbocycles. The number of hydrogen-bond acceptors (Lipinski definition) is 2. The second kappa shape index (κ2) is 6.53. The van der Waals surface area contributed by atoms with E-state index in [2.05, 4.69) is 0 Å². The van der Waals surface area contributed by atoms with Crippen molar-refractivity contribution in [2.45, 2.75) is 0 Å². The average molecular weight is 343 g/mol. The molecule has 0 fully saturated rings. The van der Waals surface area contributed by atoms with Crippen LogP contribution in [0.5, 0.6) is 0 Å². The van der Waals surface area contributed by atoms with E-state index in [0.29, 0.717) is 4.88 Å². The van der Waals surface area contributed by atoms with Crippen LogP contribution in [0.15, 0.2) is 54.6 Å². The first-order chi connectivity index (χ1) is 11.5. The highest BCUT2D eigenvalue weighted by Crippen LogP contribution is 2.39. The van der Waals surface area contributed by atoms with Crippen molar-refractivity contribution in [3.8, 4) is 21.6 Å². The quantitative estimate of drug-likeness (QED) is 0.651. The van der Waals surface area contributed by atoms with Crippen molar-refractivity contribution in [1.29, 1.82) is 0 Å². The Hall–Kier alpha value is -2.53. The Morgan fingerprint density at radius 1 is 0.875 bits per heavy atom. The Bertz CT molecular complexity index is 804. The molecule has 3 aromatic rings. The van der Waals surface area contributed by atoms with E-state index >= 15 is 0 Å². The van der Waals surface area contributed by atoms with Gasteiger partial charge in [-0.25, -0.2) is 8.78 Å². The first-order valence-electron chi connectivity index (χ1n) is 7.33. The Morgan fingerprint density at radius 2 is 1.38 bits per heavy atom. The molecule has 0 atom stereocenters. The zero-order chi connectivity index (χ0) is 17.3. The molecule has 1 aromatic heterocycles. The Kier molecular flexibility index (Phi) is 4.44. The lowest BCUT2D eigenvalue weighted by molar-refractivity contribution is 0.0832. The molecular formula is C19H15F2NOS. The Morgan fingerprint density at radius 3 is 1.88 bits per heavy atom. The molecule has 0 aliphatic heterocycles. The summed E-state index contributed by atoms with van der Waals surface area (Å²) in [7, 11) is 3.38. The van der Waals surface area contributed by atoms with Crippen molar-refractivity contribution >= 4 is 17.2 Å². The van der Waals surface area contributed by atoms with Gasteiger partial charge in [-0.05, 0) is 41.5 Å². The van der Waals surface area contributed by atoms with E-state index in [-0.39, 0.29) is 17.5 Å². The zero-order valence-electron chi connectivity index (χ0n) is 13.2. The van der Waals surface area contributed by atoms with Gasteiger partial charge in [0.15, 0.2) is 0 Å². The van der Waals surface area contributed by atoms with Gasteiger partial charge in [0.2, 0.25) is 0 Å². The molecule has 5 heteroatoms. The third kappa shape index (κ3) is 3.21. The van der Waals surface area contributed by atoms with Crippen molar-refractivity contribution in [3.05, 3.63) is 71.1 Å². The number of hydrogen-bond donors (Lipinski definition) is 0. The van der Waals surface area contributed by atoms with Crippen LogP contribution in [0.1, 0.15) is 9.67 Å². The number of nitrogens with zero attached hydrogens (tertiary/aromatic N) is 1. The second-order valence-corrected chi connectivity index (χ2v) is 6.62.